The highest BCUT2D eigenvalue weighted by molar-refractivity contribution is 8.00. The average molecular weight is 983 g/mol. The molecule has 12 aromatic rings. The van der Waals surface area contributed by atoms with E-state index in [0.717, 1.165) is 101 Å². The highest BCUT2D eigenvalue weighted by Crippen LogP contribution is 2.57. The SMILES string of the molecule is c1ccc(-c2cc(-c3cc(N4c5ccccc5Sc5ccccc54)c4cc(-c5cc(-c6ccccc6)nc(-c6ccccc6)n5)cc(N5c6ccccc6Sc6ccccc65)c4c3)nc(-c3ccccc3)n2)cc1. The van der Waals surface area contributed by atoms with Gasteiger partial charge in [-0.05, 0) is 84.9 Å². The molecular weight excluding hydrogens is 941 g/mol. The van der Waals surface area contributed by atoms with Crippen molar-refractivity contribution < 1.29 is 0 Å². The van der Waals surface area contributed by atoms with Crippen molar-refractivity contribution in [3.63, 3.8) is 0 Å². The molecule has 0 amide bonds. The van der Waals surface area contributed by atoms with E-state index in [0.29, 0.717) is 11.6 Å². The lowest BCUT2D eigenvalue weighted by Gasteiger charge is -2.36. The fourth-order valence-electron chi connectivity index (χ4n) is 10.2. The third-order valence-corrected chi connectivity index (χ3v) is 15.9. The van der Waals surface area contributed by atoms with Gasteiger partial charge in [0.1, 0.15) is 0 Å². The first-order valence-electron chi connectivity index (χ1n) is 24.6. The lowest BCUT2D eigenvalue weighted by atomic mass is 9.94. The number of benzene rings is 10. The van der Waals surface area contributed by atoms with Gasteiger partial charge < -0.3 is 9.80 Å². The molecule has 8 heteroatoms. The van der Waals surface area contributed by atoms with Crippen LogP contribution in [0, 0.1) is 0 Å². The quantitative estimate of drug-likeness (QED) is 0.149. The van der Waals surface area contributed by atoms with Crippen LogP contribution in [0.1, 0.15) is 0 Å². The molecule has 0 N–H and O–H groups in total. The van der Waals surface area contributed by atoms with E-state index in [9.17, 15) is 0 Å². The van der Waals surface area contributed by atoms with Crippen molar-refractivity contribution in [2.24, 2.45) is 0 Å². The zero-order valence-electron chi connectivity index (χ0n) is 39.7. The number of rotatable bonds is 8. The molecule has 10 aromatic carbocycles. The van der Waals surface area contributed by atoms with Crippen molar-refractivity contribution in [3.05, 3.63) is 255 Å². The topological polar surface area (TPSA) is 58.0 Å². The van der Waals surface area contributed by atoms with Crippen LogP contribution in [-0.2, 0) is 0 Å². The van der Waals surface area contributed by atoms with Gasteiger partial charge in [-0.1, -0.05) is 193 Å². The second-order valence-electron chi connectivity index (χ2n) is 18.2. The van der Waals surface area contributed by atoms with Crippen LogP contribution in [0.15, 0.2) is 274 Å². The van der Waals surface area contributed by atoms with E-state index in [1.54, 1.807) is 23.5 Å². The van der Waals surface area contributed by atoms with E-state index >= 15 is 0 Å². The molecule has 0 spiro atoms. The molecule has 0 atom stereocenters. The van der Waals surface area contributed by atoms with Gasteiger partial charge in [0.25, 0.3) is 0 Å². The zero-order valence-corrected chi connectivity index (χ0v) is 41.4. The van der Waals surface area contributed by atoms with Crippen LogP contribution in [0.4, 0.5) is 34.1 Å². The molecule has 2 aromatic heterocycles. The fourth-order valence-corrected chi connectivity index (χ4v) is 12.3. The Morgan fingerprint density at radius 2 is 0.500 bits per heavy atom. The molecule has 0 unspecified atom stereocenters. The van der Waals surface area contributed by atoms with Gasteiger partial charge in [0.15, 0.2) is 11.6 Å². The van der Waals surface area contributed by atoms with Crippen molar-refractivity contribution in [1.29, 1.82) is 0 Å². The van der Waals surface area contributed by atoms with Crippen LogP contribution >= 0.6 is 23.5 Å². The number of nitrogens with zero attached hydrogens (tertiary/aromatic N) is 6. The molecule has 0 bridgehead atoms. The molecule has 0 saturated carbocycles. The second kappa shape index (κ2) is 18.5. The third kappa shape index (κ3) is 7.88. The summed E-state index contributed by atoms with van der Waals surface area (Å²) in [6, 6.07) is 90.0. The second-order valence-corrected chi connectivity index (χ2v) is 20.4. The van der Waals surface area contributed by atoms with Crippen LogP contribution in [0.3, 0.4) is 0 Å². The molecule has 0 aliphatic carbocycles. The number of aromatic nitrogens is 4. The zero-order chi connectivity index (χ0) is 49.0. The minimum absolute atomic E-state index is 0.660. The van der Waals surface area contributed by atoms with Crippen molar-refractivity contribution in [2.75, 3.05) is 9.80 Å². The molecule has 6 nitrogen and oxygen atoms in total. The van der Waals surface area contributed by atoms with Gasteiger partial charge in [0.05, 0.1) is 56.9 Å². The summed E-state index contributed by atoms with van der Waals surface area (Å²) in [5, 5.41) is 2.10. The Morgan fingerprint density at radius 3 is 0.824 bits per heavy atom. The molecule has 0 fully saturated rings. The average Bonchev–Trinajstić information content (AvgIpc) is 3.48. The highest BCUT2D eigenvalue weighted by Gasteiger charge is 2.31. The van der Waals surface area contributed by atoms with Gasteiger partial charge in [-0.3, -0.25) is 0 Å². The van der Waals surface area contributed by atoms with Crippen molar-refractivity contribution >= 4 is 68.4 Å². The van der Waals surface area contributed by atoms with Crippen LogP contribution in [-0.4, -0.2) is 19.9 Å². The summed E-state index contributed by atoms with van der Waals surface area (Å²) in [5.41, 5.74) is 15.6. The molecule has 4 heterocycles. The van der Waals surface area contributed by atoms with E-state index in [2.05, 4.69) is 216 Å². The monoisotopic (exact) mass is 982 g/mol. The molecule has 74 heavy (non-hydrogen) atoms. The number of anilines is 6. The summed E-state index contributed by atoms with van der Waals surface area (Å²) in [5.74, 6) is 1.32. The van der Waals surface area contributed by atoms with Crippen LogP contribution in [0.25, 0.3) is 78.6 Å². The Kier molecular flexibility index (Phi) is 10.9. The lowest BCUT2D eigenvalue weighted by Crippen LogP contribution is -2.17. The number of hydrogen-bond acceptors (Lipinski definition) is 8. The minimum Gasteiger partial charge on any atom is -0.308 e. The van der Waals surface area contributed by atoms with E-state index in [4.69, 9.17) is 19.9 Å². The predicted molar refractivity (Wildman–Crippen MR) is 305 cm³/mol. The maximum absolute atomic E-state index is 5.47. The van der Waals surface area contributed by atoms with E-state index < -0.39 is 0 Å². The van der Waals surface area contributed by atoms with Gasteiger partial charge in [0.2, 0.25) is 0 Å². The fraction of sp³-hybridized carbons (Fsp3) is 0. The summed E-state index contributed by atoms with van der Waals surface area (Å²) in [6.07, 6.45) is 0. The number of fused-ring (bicyclic) bond motifs is 5. The smallest absolute Gasteiger partial charge is 0.160 e. The van der Waals surface area contributed by atoms with E-state index in [1.165, 1.54) is 19.6 Å². The molecule has 348 valence electrons. The van der Waals surface area contributed by atoms with Gasteiger partial charge >= 0.3 is 0 Å². The van der Waals surface area contributed by atoms with Gasteiger partial charge in [-0.15, -0.1) is 0 Å². The standard InChI is InChI=1S/C66H42N6S2/c1-5-21-43(22-6-1)51-41-53(69-65(67-51)45-25-9-3-10-26-45)47-37-49-50(59(39-47)71-55-29-13-17-33-61(55)73-62-34-18-14-30-56(62)71)38-48(40-60(49)72-57-31-15-19-35-63(57)74-64-36-20-16-32-58(64)72)54-42-52(44-23-7-2-8-24-44)68-66(70-54)46-27-11-4-12-28-46/h1-42H. The molecular formula is C66H42N6S2. The number of hydrogen-bond donors (Lipinski definition) is 0. The summed E-state index contributed by atoms with van der Waals surface area (Å²) >= 11 is 3.61. The number of para-hydroxylation sites is 4. The maximum atomic E-state index is 5.47. The Labute approximate surface area is 437 Å². The minimum atomic E-state index is 0.660. The van der Waals surface area contributed by atoms with E-state index in [1.807, 2.05) is 48.5 Å². The molecule has 0 radical (unpaired) electrons. The Hall–Kier alpha value is -9.08. The third-order valence-electron chi connectivity index (χ3n) is 13.6. The first kappa shape index (κ1) is 43.7. The molecule has 2 aliphatic heterocycles. The summed E-state index contributed by atoms with van der Waals surface area (Å²) in [6.45, 7) is 0. The largest absolute Gasteiger partial charge is 0.308 e. The molecule has 2 aliphatic rings. The maximum Gasteiger partial charge on any atom is 0.160 e. The summed E-state index contributed by atoms with van der Waals surface area (Å²) in [4.78, 5) is 31.0. The van der Waals surface area contributed by atoms with Crippen molar-refractivity contribution in [2.45, 2.75) is 19.6 Å². The van der Waals surface area contributed by atoms with Gasteiger partial charge in [-0.25, -0.2) is 19.9 Å². The van der Waals surface area contributed by atoms with E-state index in [-0.39, 0.29) is 0 Å². The highest BCUT2D eigenvalue weighted by atomic mass is 32.2. The lowest BCUT2D eigenvalue weighted by molar-refractivity contribution is 1.16. The molecule has 14 rings (SSSR count). The van der Waals surface area contributed by atoms with Crippen LogP contribution in [0.2, 0.25) is 0 Å². The Morgan fingerprint density at radius 1 is 0.230 bits per heavy atom. The normalized spacial score (nSPS) is 12.4. The summed E-state index contributed by atoms with van der Waals surface area (Å²) < 4.78 is 0. The van der Waals surface area contributed by atoms with Crippen LogP contribution in [0.5, 0.6) is 0 Å². The predicted octanol–water partition coefficient (Wildman–Crippen LogP) is 18.3. The summed E-state index contributed by atoms with van der Waals surface area (Å²) in [7, 11) is 0. The first-order chi connectivity index (χ1) is 36.7. The van der Waals surface area contributed by atoms with Crippen molar-refractivity contribution in [3.8, 4) is 67.8 Å². The Bertz CT molecular complexity index is 3620. The van der Waals surface area contributed by atoms with Crippen LogP contribution < -0.4 is 9.80 Å². The first-order valence-corrected chi connectivity index (χ1v) is 26.2. The molecule has 0 saturated heterocycles. The van der Waals surface area contributed by atoms with Crippen molar-refractivity contribution in [1.82, 2.24) is 19.9 Å². The van der Waals surface area contributed by atoms with Gasteiger partial charge in [0, 0.05) is 63.7 Å². The van der Waals surface area contributed by atoms with Gasteiger partial charge in [-0.2, -0.15) is 0 Å². The Balaban J connectivity index is 1.13.